The van der Waals surface area contributed by atoms with Gasteiger partial charge in [0.25, 0.3) is 0 Å². The van der Waals surface area contributed by atoms with E-state index in [1.54, 1.807) is 59.4 Å². The van der Waals surface area contributed by atoms with Gasteiger partial charge in [-0.3, -0.25) is 14.5 Å². The van der Waals surface area contributed by atoms with E-state index in [2.05, 4.69) is 11.8 Å². The van der Waals surface area contributed by atoms with E-state index < -0.39 is 46.1 Å². The Hall–Kier alpha value is -2.74. The number of anilines is 1. The number of para-hydroxylation sites is 1. The molecule has 1 aromatic carbocycles. The SMILES string of the molecule is CCN1CC2(COC(=O)c3ccccc3N3C(=O)CC(C)C3=O)CCC(OC)C34C5CC6C(OC)CC(O)(C5C6CC(C)=O)C(O)(C(OC)C23)C14. The van der Waals surface area contributed by atoms with Gasteiger partial charge in [0.05, 0.1) is 42.2 Å². The van der Waals surface area contributed by atoms with E-state index in [4.69, 9.17) is 18.9 Å². The first-order valence-corrected chi connectivity index (χ1v) is 18.7. The first kappa shape index (κ1) is 35.3. The number of rotatable bonds is 10. The average Bonchev–Trinajstić information content (AvgIpc) is 3.61. The van der Waals surface area contributed by atoms with Gasteiger partial charge in [-0.1, -0.05) is 26.0 Å². The Bertz CT molecular complexity index is 1650. The molecule has 14 atom stereocenters. The first-order valence-electron chi connectivity index (χ1n) is 18.7. The molecule has 0 radical (unpaired) electrons. The summed E-state index contributed by atoms with van der Waals surface area (Å²) in [6.07, 6.45) is 1.19. The summed E-state index contributed by atoms with van der Waals surface area (Å²) < 4.78 is 25.3. The van der Waals surface area contributed by atoms with Crippen molar-refractivity contribution in [1.29, 1.82) is 0 Å². The number of ketones is 1. The summed E-state index contributed by atoms with van der Waals surface area (Å²) in [7, 11) is 4.97. The van der Waals surface area contributed by atoms with Gasteiger partial charge in [0.15, 0.2) is 0 Å². The monoisotopic (exact) mass is 708 g/mol. The minimum Gasteiger partial charge on any atom is -0.461 e. The maximum Gasteiger partial charge on any atom is 0.340 e. The number of hydrogen-bond acceptors (Lipinski definition) is 11. The van der Waals surface area contributed by atoms with Gasteiger partial charge in [-0.15, -0.1) is 0 Å². The van der Waals surface area contributed by atoms with Crippen molar-refractivity contribution in [3.05, 3.63) is 29.8 Å². The highest BCUT2D eigenvalue weighted by Gasteiger charge is 2.91. The summed E-state index contributed by atoms with van der Waals surface area (Å²) >= 11 is 0. The molecule has 0 aromatic heterocycles. The van der Waals surface area contributed by atoms with E-state index in [0.717, 1.165) is 11.3 Å². The molecule has 5 saturated carbocycles. The molecular weight excluding hydrogens is 656 g/mol. The number of likely N-dealkylation sites (N-methyl/N-ethyl adjacent to an activating group) is 1. The fourth-order valence-electron chi connectivity index (χ4n) is 13.7. The van der Waals surface area contributed by atoms with Crippen molar-refractivity contribution in [1.82, 2.24) is 4.90 Å². The van der Waals surface area contributed by atoms with Gasteiger partial charge in [-0.2, -0.15) is 0 Å². The topological polar surface area (TPSA) is 152 Å². The zero-order valence-electron chi connectivity index (χ0n) is 30.5. The molecule has 2 aliphatic heterocycles. The number of nitrogens with zero attached hydrogens (tertiary/aromatic N) is 2. The van der Waals surface area contributed by atoms with Crippen LogP contribution < -0.4 is 4.90 Å². The van der Waals surface area contributed by atoms with E-state index in [1.165, 1.54) is 0 Å². The molecule has 2 heterocycles. The summed E-state index contributed by atoms with van der Waals surface area (Å²) in [6.45, 7) is 6.45. The van der Waals surface area contributed by atoms with Crippen molar-refractivity contribution in [2.45, 2.75) is 94.9 Å². The fraction of sp³-hybridized carbons (Fsp3) is 0.744. The third-order valence-corrected chi connectivity index (χ3v) is 15.0. The van der Waals surface area contributed by atoms with Crippen molar-refractivity contribution in [3.63, 3.8) is 0 Å². The van der Waals surface area contributed by atoms with Crippen molar-refractivity contribution >= 4 is 29.3 Å². The number of piperidine rings is 1. The number of benzene rings is 1. The second-order valence-electron chi connectivity index (χ2n) is 16.8. The number of esters is 1. The Balaban J connectivity index is 1.24. The zero-order valence-corrected chi connectivity index (χ0v) is 30.5. The second-order valence-corrected chi connectivity index (χ2v) is 16.8. The number of hydrogen-bond donors (Lipinski definition) is 2. The number of aliphatic hydroxyl groups is 2. The molecule has 278 valence electrons. The molecule has 1 spiro atoms. The zero-order chi connectivity index (χ0) is 36.4. The largest absolute Gasteiger partial charge is 0.461 e. The smallest absolute Gasteiger partial charge is 0.340 e. The molecule has 2 saturated heterocycles. The molecule has 2 amide bonds. The Kier molecular flexibility index (Phi) is 8.22. The molecule has 14 unspecified atom stereocenters. The van der Waals surface area contributed by atoms with Crippen LogP contribution >= 0.6 is 0 Å². The third-order valence-electron chi connectivity index (χ3n) is 15.0. The van der Waals surface area contributed by atoms with E-state index in [0.29, 0.717) is 32.4 Å². The lowest BCUT2D eigenvalue weighted by atomic mass is 9.42. The number of amides is 2. The second kappa shape index (κ2) is 11.9. The number of Topliss-reactive ketones (excluding diaryl/α,β-unsaturated/α-hetero) is 1. The molecule has 2 N–H and O–H groups in total. The highest BCUT2D eigenvalue weighted by molar-refractivity contribution is 6.22. The summed E-state index contributed by atoms with van der Waals surface area (Å²) in [5.74, 6) is -2.74. The number of ether oxygens (including phenoxy) is 4. The molecule has 7 fully saturated rings. The van der Waals surface area contributed by atoms with Crippen LogP contribution in [0.25, 0.3) is 0 Å². The van der Waals surface area contributed by atoms with Gasteiger partial charge in [0.1, 0.15) is 17.0 Å². The Morgan fingerprint density at radius 3 is 2.43 bits per heavy atom. The van der Waals surface area contributed by atoms with Crippen LogP contribution in [-0.2, 0) is 33.3 Å². The predicted octanol–water partition coefficient (Wildman–Crippen LogP) is 2.62. The van der Waals surface area contributed by atoms with E-state index >= 15 is 0 Å². The molecule has 51 heavy (non-hydrogen) atoms. The summed E-state index contributed by atoms with van der Waals surface area (Å²) in [5.41, 5.74) is -4.36. The molecule has 12 nitrogen and oxygen atoms in total. The first-order chi connectivity index (χ1) is 24.3. The van der Waals surface area contributed by atoms with Crippen LogP contribution in [0.15, 0.2) is 24.3 Å². The number of likely N-dealkylation sites (tertiary alicyclic amines) is 1. The quantitative estimate of drug-likeness (QED) is 0.273. The normalized spacial score (nSPS) is 46.5. The highest BCUT2D eigenvalue weighted by Crippen LogP contribution is 2.81. The van der Waals surface area contributed by atoms with Crippen molar-refractivity contribution < 1.29 is 48.3 Å². The highest BCUT2D eigenvalue weighted by atomic mass is 16.5. The van der Waals surface area contributed by atoms with Crippen LogP contribution in [-0.4, -0.2) is 115 Å². The lowest BCUT2D eigenvalue weighted by molar-refractivity contribution is -0.314. The van der Waals surface area contributed by atoms with Gasteiger partial charge >= 0.3 is 5.97 Å². The number of carbonyl (C=O) groups is 4. The van der Waals surface area contributed by atoms with E-state index in [1.807, 2.05) is 0 Å². The molecule has 12 heteroatoms. The van der Waals surface area contributed by atoms with Crippen molar-refractivity contribution in [2.75, 3.05) is 45.9 Å². The molecule has 1 aromatic rings. The van der Waals surface area contributed by atoms with Crippen molar-refractivity contribution in [2.24, 2.45) is 46.3 Å². The number of imide groups is 1. The van der Waals surface area contributed by atoms with Crippen LogP contribution in [0.2, 0.25) is 0 Å². The number of methoxy groups -OCH3 is 3. The predicted molar refractivity (Wildman–Crippen MR) is 182 cm³/mol. The molecule has 7 bridgehead atoms. The van der Waals surface area contributed by atoms with Crippen LogP contribution in [0.4, 0.5) is 5.69 Å². The minimum atomic E-state index is -1.74. The summed E-state index contributed by atoms with van der Waals surface area (Å²) in [6, 6.07) is 6.05. The minimum absolute atomic E-state index is 0.0112. The van der Waals surface area contributed by atoms with Gasteiger partial charge in [-0.05, 0) is 68.5 Å². The van der Waals surface area contributed by atoms with Gasteiger partial charge in [0.2, 0.25) is 11.8 Å². The molecule has 5 aliphatic carbocycles. The van der Waals surface area contributed by atoms with E-state index in [9.17, 15) is 29.4 Å². The number of carbonyl (C=O) groups excluding carboxylic acids is 4. The molecule has 8 rings (SSSR count). The standard InChI is InChI=1S/C39H52N2O10/c1-7-40-18-36(19-51-34(45)22-10-8-9-11-26(22)41-29(43)14-20(2)33(41)44)13-12-28(49-5)38-25-16-23-24(15-21(3)42)30(25)37(46,17-27(23)48-4)39(47,35(38)40)32(50-6)31(36)38/h8-11,20,23-25,27-28,30-32,35,46-47H,7,12-19H2,1-6H3. The maximum absolute atomic E-state index is 14.1. The lowest BCUT2D eigenvalue weighted by Crippen LogP contribution is -2.81. The van der Waals surface area contributed by atoms with Crippen molar-refractivity contribution in [3.8, 4) is 0 Å². The van der Waals surface area contributed by atoms with Crippen LogP contribution in [0.3, 0.4) is 0 Å². The Morgan fingerprint density at radius 1 is 1.06 bits per heavy atom. The van der Waals surface area contributed by atoms with Crippen LogP contribution in [0.5, 0.6) is 0 Å². The van der Waals surface area contributed by atoms with Gasteiger partial charge in [0, 0.05) is 69.8 Å². The van der Waals surface area contributed by atoms with E-state index in [-0.39, 0.29) is 90.1 Å². The summed E-state index contributed by atoms with van der Waals surface area (Å²) in [4.78, 5) is 56.2. The average molecular weight is 709 g/mol. The summed E-state index contributed by atoms with van der Waals surface area (Å²) in [5, 5.41) is 26.8. The Morgan fingerprint density at radius 2 is 1.80 bits per heavy atom. The molecule has 7 aliphatic rings. The lowest BCUT2D eigenvalue weighted by Gasteiger charge is -2.70. The van der Waals surface area contributed by atoms with Crippen LogP contribution in [0.1, 0.15) is 69.7 Å². The fourth-order valence-corrected chi connectivity index (χ4v) is 13.7. The van der Waals surface area contributed by atoms with Gasteiger partial charge in [-0.25, -0.2) is 9.69 Å². The Labute approximate surface area is 299 Å². The molecular formula is C39H52N2O10. The number of fused-ring (bicyclic) bond motifs is 2. The maximum atomic E-state index is 14.1. The van der Waals surface area contributed by atoms with Crippen LogP contribution in [0, 0.1) is 46.3 Å². The van der Waals surface area contributed by atoms with Gasteiger partial charge < -0.3 is 34.0 Å². The third kappa shape index (κ3) is 4.23.